The van der Waals surface area contributed by atoms with Crippen molar-refractivity contribution >= 4 is 5.91 Å². The maximum Gasteiger partial charge on any atom is 0.223 e. The highest BCUT2D eigenvalue weighted by Crippen LogP contribution is 2.23. The lowest BCUT2D eigenvalue weighted by atomic mass is 9.96. The lowest BCUT2D eigenvalue weighted by Crippen LogP contribution is -2.42. The molecule has 1 amide bonds. The van der Waals surface area contributed by atoms with Crippen molar-refractivity contribution in [3.05, 3.63) is 29.8 Å². The van der Waals surface area contributed by atoms with Crippen molar-refractivity contribution in [2.24, 2.45) is 0 Å². The molecule has 22 heavy (non-hydrogen) atoms. The Morgan fingerprint density at radius 2 is 2.14 bits per heavy atom. The molecule has 0 aliphatic carbocycles. The van der Waals surface area contributed by atoms with Crippen molar-refractivity contribution in [1.82, 2.24) is 10.2 Å². The summed E-state index contributed by atoms with van der Waals surface area (Å²) in [7, 11) is 1.67. The minimum absolute atomic E-state index is 0.229. The molecule has 1 aromatic rings. The first kappa shape index (κ1) is 16.8. The molecule has 0 aromatic heterocycles. The molecule has 0 bridgehead atoms. The van der Waals surface area contributed by atoms with Crippen molar-refractivity contribution < 1.29 is 9.53 Å². The number of amides is 1. The van der Waals surface area contributed by atoms with E-state index in [2.05, 4.69) is 36.2 Å². The van der Waals surface area contributed by atoms with Gasteiger partial charge in [-0.1, -0.05) is 26.0 Å². The van der Waals surface area contributed by atoms with E-state index in [0.29, 0.717) is 12.5 Å². The Labute approximate surface area is 133 Å². The van der Waals surface area contributed by atoms with Gasteiger partial charge in [-0.15, -0.1) is 0 Å². The molecule has 4 nitrogen and oxygen atoms in total. The number of rotatable bonds is 7. The minimum Gasteiger partial charge on any atom is -0.497 e. The highest BCUT2D eigenvalue weighted by Gasteiger charge is 2.26. The third-order valence-electron chi connectivity index (χ3n) is 4.43. The number of hydrogen-bond acceptors (Lipinski definition) is 3. The van der Waals surface area contributed by atoms with Gasteiger partial charge in [-0.3, -0.25) is 4.79 Å². The summed E-state index contributed by atoms with van der Waals surface area (Å²) < 4.78 is 5.19. The van der Waals surface area contributed by atoms with E-state index in [0.717, 1.165) is 38.2 Å². The number of methoxy groups -OCH3 is 1. The van der Waals surface area contributed by atoms with E-state index in [-0.39, 0.29) is 11.8 Å². The summed E-state index contributed by atoms with van der Waals surface area (Å²) in [5.74, 6) is 1.36. The van der Waals surface area contributed by atoms with Gasteiger partial charge < -0.3 is 15.0 Å². The molecule has 0 radical (unpaired) electrons. The predicted molar refractivity (Wildman–Crippen MR) is 89.3 cm³/mol. The molecule has 1 fully saturated rings. The molecule has 1 heterocycles. The lowest BCUT2D eigenvalue weighted by Gasteiger charge is -2.29. The third-order valence-corrected chi connectivity index (χ3v) is 4.43. The molecular weight excluding hydrogens is 276 g/mol. The monoisotopic (exact) mass is 304 g/mol. The molecule has 1 aliphatic heterocycles. The molecule has 0 saturated carbocycles. The van der Waals surface area contributed by atoms with Crippen LogP contribution in [0.2, 0.25) is 0 Å². The summed E-state index contributed by atoms with van der Waals surface area (Å²) in [6, 6.07) is 8.40. The zero-order chi connectivity index (χ0) is 15.9. The van der Waals surface area contributed by atoms with E-state index < -0.39 is 0 Å². The summed E-state index contributed by atoms with van der Waals surface area (Å²) in [4.78, 5) is 14.8. The van der Waals surface area contributed by atoms with Crippen molar-refractivity contribution in [3.8, 4) is 5.75 Å². The fourth-order valence-electron chi connectivity index (χ4n) is 3.09. The van der Waals surface area contributed by atoms with Crippen molar-refractivity contribution in [2.45, 2.75) is 45.1 Å². The van der Waals surface area contributed by atoms with Crippen LogP contribution >= 0.6 is 0 Å². The number of ether oxygens (including phenoxy) is 1. The zero-order valence-electron chi connectivity index (χ0n) is 14.0. The number of carbonyl (C=O) groups is 1. The minimum atomic E-state index is 0.229. The third kappa shape index (κ3) is 4.23. The highest BCUT2D eigenvalue weighted by molar-refractivity contribution is 5.77. The van der Waals surface area contributed by atoms with Crippen LogP contribution in [0.1, 0.15) is 44.6 Å². The molecule has 1 aliphatic rings. The number of nitrogens with zero attached hydrogens (tertiary/aromatic N) is 1. The normalized spacial score (nSPS) is 19.0. The zero-order valence-corrected chi connectivity index (χ0v) is 14.0. The summed E-state index contributed by atoms with van der Waals surface area (Å²) in [5.41, 5.74) is 1.19. The van der Waals surface area contributed by atoms with Gasteiger partial charge >= 0.3 is 0 Å². The topological polar surface area (TPSA) is 41.6 Å². The largest absolute Gasteiger partial charge is 0.497 e. The van der Waals surface area contributed by atoms with Gasteiger partial charge in [0.2, 0.25) is 5.91 Å². The number of hydrogen-bond donors (Lipinski definition) is 1. The van der Waals surface area contributed by atoms with Crippen LogP contribution in [0.25, 0.3) is 0 Å². The fourth-order valence-corrected chi connectivity index (χ4v) is 3.09. The predicted octanol–water partition coefficient (Wildman–Crippen LogP) is 2.79. The van der Waals surface area contributed by atoms with Gasteiger partial charge in [0.25, 0.3) is 0 Å². The molecule has 1 saturated heterocycles. The van der Waals surface area contributed by atoms with Crippen LogP contribution in [0, 0.1) is 0 Å². The Hall–Kier alpha value is -1.55. The van der Waals surface area contributed by atoms with Gasteiger partial charge in [-0.2, -0.15) is 0 Å². The van der Waals surface area contributed by atoms with Crippen LogP contribution in [0.4, 0.5) is 0 Å². The average Bonchev–Trinajstić information content (AvgIpc) is 3.06. The Balaban J connectivity index is 1.97. The lowest BCUT2D eigenvalue weighted by molar-refractivity contribution is -0.133. The van der Waals surface area contributed by atoms with Crippen molar-refractivity contribution in [1.29, 1.82) is 0 Å². The number of carbonyl (C=O) groups excluding carboxylic acids is 1. The molecule has 2 unspecified atom stereocenters. The van der Waals surface area contributed by atoms with Crippen LogP contribution in [0.15, 0.2) is 24.3 Å². The molecule has 2 atom stereocenters. The van der Waals surface area contributed by atoms with E-state index in [4.69, 9.17) is 4.74 Å². The Morgan fingerprint density at radius 1 is 1.41 bits per heavy atom. The van der Waals surface area contributed by atoms with E-state index in [1.54, 1.807) is 7.11 Å². The second-order valence-corrected chi connectivity index (χ2v) is 6.11. The molecule has 1 aromatic carbocycles. The molecule has 1 N–H and O–H groups in total. The Kier molecular flexibility index (Phi) is 6.25. The summed E-state index contributed by atoms with van der Waals surface area (Å²) in [5, 5.41) is 3.36. The molecular formula is C18H28N2O2. The average molecular weight is 304 g/mol. The van der Waals surface area contributed by atoms with Gasteiger partial charge in [0.1, 0.15) is 5.75 Å². The van der Waals surface area contributed by atoms with Crippen molar-refractivity contribution in [3.63, 3.8) is 0 Å². The molecule has 122 valence electrons. The van der Waals surface area contributed by atoms with Gasteiger partial charge in [0, 0.05) is 25.6 Å². The quantitative estimate of drug-likeness (QED) is 0.842. The van der Waals surface area contributed by atoms with Crippen LogP contribution in [0.5, 0.6) is 5.75 Å². The molecule has 0 spiro atoms. The van der Waals surface area contributed by atoms with E-state index in [1.165, 1.54) is 5.56 Å². The van der Waals surface area contributed by atoms with Crippen molar-refractivity contribution in [2.75, 3.05) is 26.7 Å². The van der Waals surface area contributed by atoms with E-state index >= 15 is 0 Å². The van der Waals surface area contributed by atoms with Crippen LogP contribution < -0.4 is 10.1 Å². The van der Waals surface area contributed by atoms with Gasteiger partial charge in [-0.25, -0.2) is 0 Å². The van der Waals surface area contributed by atoms with E-state index in [9.17, 15) is 4.79 Å². The van der Waals surface area contributed by atoms with Gasteiger partial charge in [0.05, 0.1) is 7.11 Å². The van der Waals surface area contributed by atoms with Crippen LogP contribution in [-0.2, 0) is 4.79 Å². The van der Waals surface area contributed by atoms with Crippen LogP contribution in [-0.4, -0.2) is 43.6 Å². The second-order valence-electron chi connectivity index (χ2n) is 6.11. The highest BCUT2D eigenvalue weighted by atomic mass is 16.5. The van der Waals surface area contributed by atoms with Gasteiger partial charge in [0.15, 0.2) is 0 Å². The first-order valence-electron chi connectivity index (χ1n) is 8.29. The van der Waals surface area contributed by atoms with Gasteiger partial charge in [-0.05, 0) is 43.0 Å². The standard InChI is InChI=1S/C18H28N2O2/c1-4-11-20(16-9-10-19-13-16)18(21)12-14(2)15-5-7-17(22-3)8-6-15/h5-8,14,16,19H,4,9-13H2,1-3H3. The Bertz CT molecular complexity index is 466. The Morgan fingerprint density at radius 3 is 2.68 bits per heavy atom. The first-order valence-corrected chi connectivity index (χ1v) is 8.29. The van der Waals surface area contributed by atoms with E-state index in [1.807, 2.05) is 12.1 Å². The second kappa shape index (κ2) is 8.18. The SMILES string of the molecule is CCCN(C(=O)CC(C)c1ccc(OC)cc1)C1CCNC1. The fraction of sp³-hybridized carbons (Fsp3) is 0.611. The number of benzene rings is 1. The number of nitrogens with one attached hydrogen (secondary N) is 1. The van der Waals surface area contributed by atoms with Crippen LogP contribution in [0.3, 0.4) is 0 Å². The summed E-state index contributed by atoms with van der Waals surface area (Å²) in [6.07, 6.45) is 2.66. The maximum atomic E-state index is 12.7. The first-order chi connectivity index (χ1) is 10.7. The summed E-state index contributed by atoms with van der Waals surface area (Å²) in [6.45, 7) is 7.07. The molecule has 2 rings (SSSR count). The summed E-state index contributed by atoms with van der Waals surface area (Å²) >= 11 is 0. The maximum absolute atomic E-state index is 12.7. The molecule has 4 heteroatoms. The smallest absolute Gasteiger partial charge is 0.223 e.